The Balaban J connectivity index is 2.50. The standard InChI is InChI=1S/C19H18N2O4/c1-11-5-12(2)17(13(3)6-11)16(22)10-21-9-15(19(24)25-4)7-14(8-20)18(21)23/h5-7,9H,10H2,1-4H3. The fourth-order valence-electron chi connectivity index (χ4n) is 2.92. The van der Waals surface area contributed by atoms with Crippen molar-refractivity contribution in [1.82, 2.24) is 4.57 Å². The van der Waals surface area contributed by atoms with Crippen molar-refractivity contribution in [3.05, 3.63) is 68.1 Å². The van der Waals surface area contributed by atoms with Crippen LogP contribution in [0.2, 0.25) is 0 Å². The molecule has 0 amide bonds. The average molecular weight is 338 g/mol. The molecule has 2 aromatic rings. The van der Waals surface area contributed by atoms with Crippen molar-refractivity contribution >= 4 is 11.8 Å². The molecule has 0 radical (unpaired) electrons. The van der Waals surface area contributed by atoms with Crippen LogP contribution in [0.4, 0.5) is 0 Å². The summed E-state index contributed by atoms with van der Waals surface area (Å²) in [5.74, 6) is -0.941. The molecule has 0 spiro atoms. The lowest BCUT2D eigenvalue weighted by Gasteiger charge is -2.12. The maximum atomic E-state index is 12.7. The van der Waals surface area contributed by atoms with E-state index in [-0.39, 0.29) is 23.5 Å². The van der Waals surface area contributed by atoms with E-state index in [9.17, 15) is 14.4 Å². The van der Waals surface area contributed by atoms with E-state index in [2.05, 4.69) is 4.74 Å². The monoisotopic (exact) mass is 338 g/mol. The Morgan fingerprint density at radius 3 is 2.28 bits per heavy atom. The van der Waals surface area contributed by atoms with Crippen LogP contribution < -0.4 is 5.56 Å². The number of methoxy groups -OCH3 is 1. The zero-order chi connectivity index (χ0) is 18.7. The van der Waals surface area contributed by atoms with Gasteiger partial charge in [0.25, 0.3) is 5.56 Å². The highest BCUT2D eigenvalue weighted by atomic mass is 16.5. The van der Waals surface area contributed by atoms with Gasteiger partial charge in [0, 0.05) is 11.8 Å². The number of nitrogens with zero attached hydrogens (tertiary/aromatic N) is 2. The molecule has 0 atom stereocenters. The maximum absolute atomic E-state index is 12.7. The quantitative estimate of drug-likeness (QED) is 0.630. The Hall–Kier alpha value is -3.20. The second-order valence-electron chi connectivity index (χ2n) is 5.88. The topological polar surface area (TPSA) is 89.2 Å². The van der Waals surface area contributed by atoms with Crippen LogP contribution >= 0.6 is 0 Å². The lowest BCUT2D eigenvalue weighted by Crippen LogP contribution is -2.28. The van der Waals surface area contributed by atoms with Crippen molar-refractivity contribution in [1.29, 1.82) is 5.26 Å². The summed E-state index contributed by atoms with van der Waals surface area (Å²) in [5, 5.41) is 9.09. The largest absolute Gasteiger partial charge is 0.465 e. The molecule has 0 unspecified atom stereocenters. The molecule has 128 valence electrons. The van der Waals surface area contributed by atoms with Crippen molar-refractivity contribution in [3.8, 4) is 6.07 Å². The highest BCUT2D eigenvalue weighted by Crippen LogP contribution is 2.17. The number of benzene rings is 1. The molecule has 1 aromatic heterocycles. The summed E-state index contributed by atoms with van der Waals surface area (Å²) in [6, 6.07) is 6.70. The van der Waals surface area contributed by atoms with E-state index >= 15 is 0 Å². The van der Waals surface area contributed by atoms with Gasteiger partial charge < -0.3 is 9.30 Å². The van der Waals surface area contributed by atoms with Crippen LogP contribution in [0.15, 0.2) is 29.2 Å². The predicted octanol–water partition coefficient (Wildman–Crippen LogP) is 2.31. The summed E-state index contributed by atoms with van der Waals surface area (Å²) in [6.45, 7) is 5.35. The molecule has 0 fully saturated rings. The second-order valence-corrected chi connectivity index (χ2v) is 5.88. The average Bonchev–Trinajstić information content (AvgIpc) is 2.54. The van der Waals surface area contributed by atoms with Crippen LogP contribution in [0, 0.1) is 32.1 Å². The maximum Gasteiger partial charge on any atom is 0.339 e. The molecular weight excluding hydrogens is 320 g/mol. The Labute approximate surface area is 145 Å². The van der Waals surface area contributed by atoms with E-state index in [0.29, 0.717) is 5.56 Å². The number of ketones is 1. The molecule has 6 nitrogen and oxygen atoms in total. The van der Waals surface area contributed by atoms with Gasteiger partial charge in [0.1, 0.15) is 11.6 Å². The van der Waals surface area contributed by atoms with Crippen LogP contribution in [0.25, 0.3) is 0 Å². The van der Waals surface area contributed by atoms with Gasteiger partial charge in [0.2, 0.25) is 0 Å². The molecule has 0 aliphatic heterocycles. The van der Waals surface area contributed by atoms with Gasteiger partial charge in [-0.1, -0.05) is 17.7 Å². The third-order valence-electron chi connectivity index (χ3n) is 3.90. The number of carbonyl (C=O) groups is 2. The van der Waals surface area contributed by atoms with E-state index < -0.39 is 11.5 Å². The summed E-state index contributed by atoms with van der Waals surface area (Å²) in [7, 11) is 1.20. The number of pyridine rings is 1. The number of esters is 1. The van der Waals surface area contributed by atoms with Gasteiger partial charge in [0.05, 0.1) is 19.2 Å². The van der Waals surface area contributed by atoms with Crippen molar-refractivity contribution < 1.29 is 14.3 Å². The summed E-state index contributed by atoms with van der Waals surface area (Å²) >= 11 is 0. The lowest BCUT2D eigenvalue weighted by molar-refractivity contribution is 0.0599. The number of hydrogen-bond acceptors (Lipinski definition) is 5. The van der Waals surface area contributed by atoms with Crippen molar-refractivity contribution in [2.45, 2.75) is 27.3 Å². The first-order valence-corrected chi connectivity index (χ1v) is 7.62. The van der Waals surface area contributed by atoms with Crippen molar-refractivity contribution in [2.75, 3.05) is 7.11 Å². The Bertz CT molecular complexity index is 941. The van der Waals surface area contributed by atoms with E-state index in [4.69, 9.17) is 5.26 Å². The number of nitriles is 1. The first-order valence-electron chi connectivity index (χ1n) is 7.62. The molecule has 0 bridgehead atoms. The number of Topliss-reactive ketones (excluding diaryl/α,β-unsaturated/α-hetero) is 1. The zero-order valence-corrected chi connectivity index (χ0v) is 14.5. The van der Waals surface area contributed by atoms with Crippen LogP contribution in [-0.4, -0.2) is 23.4 Å². The van der Waals surface area contributed by atoms with Gasteiger partial charge in [-0.05, 0) is 38.0 Å². The van der Waals surface area contributed by atoms with E-state index in [1.165, 1.54) is 13.3 Å². The molecule has 0 aliphatic carbocycles. The van der Waals surface area contributed by atoms with Gasteiger partial charge in [-0.3, -0.25) is 9.59 Å². The summed E-state index contributed by atoms with van der Waals surface area (Å²) < 4.78 is 5.70. The van der Waals surface area contributed by atoms with Gasteiger partial charge in [-0.15, -0.1) is 0 Å². The fourth-order valence-corrected chi connectivity index (χ4v) is 2.92. The minimum atomic E-state index is -0.680. The van der Waals surface area contributed by atoms with Gasteiger partial charge >= 0.3 is 5.97 Å². The zero-order valence-electron chi connectivity index (χ0n) is 14.5. The second kappa shape index (κ2) is 7.14. The molecule has 2 rings (SSSR count). The molecule has 0 aliphatic rings. The van der Waals surface area contributed by atoms with E-state index in [0.717, 1.165) is 27.3 Å². The molecule has 0 saturated heterocycles. The Morgan fingerprint density at radius 1 is 1.16 bits per heavy atom. The fraction of sp³-hybridized carbons (Fsp3) is 0.263. The molecule has 6 heteroatoms. The molecule has 25 heavy (non-hydrogen) atoms. The first kappa shape index (κ1) is 18.1. The molecule has 0 N–H and O–H groups in total. The molecule has 1 heterocycles. The highest BCUT2D eigenvalue weighted by molar-refractivity contribution is 5.99. The van der Waals surface area contributed by atoms with Crippen molar-refractivity contribution in [2.24, 2.45) is 0 Å². The van der Waals surface area contributed by atoms with E-state index in [1.54, 1.807) is 6.07 Å². The van der Waals surface area contributed by atoms with E-state index in [1.807, 2.05) is 32.9 Å². The van der Waals surface area contributed by atoms with Gasteiger partial charge in [-0.2, -0.15) is 5.26 Å². The van der Waals surface area contributed by atoms with Crippen LogP contribution in [0.5, 0.6) is 0 Å². The SMILES string of the molecule is COC(=O)c1cc(C#N)c(=O)n(CC(=O)c2c(C)cc(C)cc2C)c1. The van der Waals surface area contributed by atoms with Gasteiger partial charge in [-0.25, -0.2) is 4.79 Å². The summed E-state index contributed by atoms with van der Waals surface area (Å²) in [6.07, 6.45) is 1.24. The number of rotatable bonds is 4. The molecular formula is C19H18N2O4. The number of carbonyl (C=O) groups excluding carboxylic acids is 2. The molecule has 0 saturated carbocycles. The van der Waals surface area contributed by atoms with Crippen LogP contribution in [0.3, 0.4) is 0 Å². The van der Waals surface area contributed by atoms with Gasteiger partial charge in [0.15, 0.2) is 5.78 Å². The smallest absolute Gasteiger partial charge is 0.339 e. The Morgan fingerprint density at radius 2 is 1.76 bits per heavy atom. The third-order valence-corrected chi connectivity index (χ3v) is 3.90. The van der Waals surface area contributed by atoms with Crippen LogP contribution in [-0.2, 0) is 11.3 Å². The summed E-state index contributed by atoms with van der Waals surface area (Å²) in [5.41, 5.74) is 2.44. The molecule has 1 aromatic carbocycles. The summed E-state index contributed by atoms with van der Waals surface area (Å²) in [4.78, 5) is 36.7. The minimum Gasteiger partial charge on any atom is -0.465 e. The number of hydrogen-bond donors (Lipinski definition) is 0. The Kier molecular flexibility index (Phi) is 5.18. The highest BCUT2D eigenvalue weighted by Gasteiger charge is 2.17. The third kappa shape index (κ3) is 3.66. The van der Waals surface area contributed by atoms with Crippen LogP contribution in [0.1, 0.15) is 43.0 Å². The first-order chi connectivity index (χ1) is 11.8. The lowest BCUT2D eigenvalue weighted by atomic mass is 9.96. The number of aromatic nitrogens is 1. The van der Waals surface area contributed by atoms with Crippen molar-refractivity contribution in [3.63, 3.8) is 0 Å². The minimum absolute atomic E-state index is 0.0452. The normalized spacial score (nSPS) is 10.2. The number of ether oxygens (including phenoxy) is 1. The number of aryl methyl sites for hydroxylation is 3. The predicted molar refractivity (Wildman–Crippen MR) is 91.7 cm³/mol.